The normalized spacial score (nSPS) is 11.4. The first-order valence-electron chi connectivity index (χ1n) is 5.03. The first-order chi connectivity index (χ1) is 7.57. The summed E-state index contributed by atoms with van der Waals surface area (Å²) in [5.41, 5.74) is 0.825. The number of pyridine rings is 1. The molecule has 0 atom stereocenters. The van der Waals surface area contributed by atoms with Gasteiger partial charge in [-0.05, 0) is 18.1 Å². The maximum atomic E-state index is 11.4. The van der Waals surface area contributed by atoms with Gasteiger partial charge >= 0.3 is 0 Å². The van der Waals surface area contributed by atoms with Crippen LogP contribution in [-0.4, -0.2) is 26.3 Å². The number of methoxy groups -OCH3 is 1. The minimum atomic E-state index is -3.16. The molecule has 0 aliphatic heterocycles. The zero-order valence-corrected chi connectivity index (χ0v) is 10.3. The summed E-state index contributed by atoms with van der Waals surface area (Å²) in [4.78, 5) is 3.94. The molecule has 1 N–H and O–H groups in total. The maximum Gasteiger partial charge on any atom is 0.213 e. The molecule has 5 nitrogen and oxygen atoms in total. The molecule has 0 unspecified atom stereocenters. The number of aromatic nitrogens is 1. The van der Waals surface area contributed by atoms with Crippen LogP contribution in [0, 0.1) is 0 Å². The average Bonchev–Trinajstić information content (AvgIpc) is 2.27. The van der Waals surface area contributed by atoms with E-state index in [1.54, 1.807) is 18.3 Å². The first-order valence-corrected chi connectivity index (χ1v) is 6.69. The molecule has 0 bridgehead atoms. The smallest absolute Gasteiger partial charge is 0.213 e. The van der Waals surface area contributed by atoms with Gasteiger partial charge in [0.25, 0.3) is 0 Å². The van der Waals surface area contributed by atoms with Gasteiger partial charge in [-0.1, -0.05) is 6.92 Å². The van der Waals surface area contributed by atoms with E-state index in [1.807, 2.05) is 6.92 Å². The third kappa shape index (κ3) is 4.16. The van der Waals surface area contributed by atoms with E-state index in [4.69, 9.17) is 4.74 Å². The lowest BCUT2D eigenvalue weighted by Crippen LogP contribution is -2.25. The molecule has 1 heterocycles. The fourth-order valence-corrected chi connectivity index (χ4v) is 2.27. The van der Waals surface area contributed by atoms with Crippen LogP contribution in [0.4, 0.5) is 0 Å². The molecule has 90 valence electrons. The molecular formula is C10H16N2O3S. The van der Waals surface area contributed by atoms with Gasteiger partial charge in [-0.15, -0.1) is 0 Å². The van der Waals surface area contributed by atoms with Crippen molar-refractivity contribution in [2.75, 3.05) is 12.9 Å². The van der Waals surface area contributed by atoms with Gasteiger partial charge in [0.1, 0.15) is 0 Å². The Morgan fingerprint density at radius 1 is 1.50 bits per heavy atom. The van der Waals surface area contributed by atoms with Gasteiger partial charge in [0, 0.05) is 18.8 Å². The van der Waals surface area contributed by atoms with Crippen LogP contribution in [0.1, 0.15) is 18.9 Å². The summed E-state index contributed by atoms with van der Waals surface area (Å²) >= 11 is 0. The Morgan fingerprint density at radius 3 is 2.88 bits per heavy atom. The fraction of sp³-hybridized carbons (Fsp3) is 0.500. The predicted molar refractivity (Wildman–Crippen MR) is 61.7 cm³/mol. The molecule has 1 aromatic rings. The highest BCUT2D eigenvalue weighted by Crippen LogP contribution is 2.08. The number of hydrogen-bond acceptors (Lipinski definition) is 4. The van der Waals surface area contributed by atoms with Gasteiger partial charge in [-0.3, -0.25) is 0 Å². The van der Waals surface area contributed by atoms with Crippen molar-refractivity contribution in [3.8, 4) is 5.88 Å². The van der Waals surface area contributed by atoms with Gasteiger partial charge in [0.05, 0.1) is 12.9 Å². The quantitative estimate of drug-likeness (QED) is 0.808. The van der Waals surface area contributed by atoms with Crippen LogP contribution in [0.25, 0.3) is 0 Å². The Bertz CT molecular complexity index is 431. The summed E-state index contributed by atoms with van der Waals surface area (Å²) in [5, 5.41) is 0. The molecule has 0 amide bonds. The van der Waals surface area contributed by atoms with Crippen LogP contribution < -0.4 is 9.46 Å². The second-order valence-corrected chi connectivity index (χ2v) is 5.27. The van der Waals surface area contributed by atoms with E-state index in [1.165, 1.54) is 7.11 Å². The van der Waals surface area contributed by atoms with Crippen molar-refractivity contribution in [1.29, 1.82) is 0 Å². The van der Waals surface area contributed by atoms with Crippen LogP contribution >= 0.6 is 0 Å². The molecular weight excluding hydrogens is 228 g/mol. The van der Waals surface area contributed by atoms with Crippen LogP contribution in [0.15, 0.2) is 18.3 Å². The summed E-state index contributed by atoms with van der Waals surface area (Å²) in [7, 11) is -1.64. The Balaban J connectivity index is 2.61. The zero-order valence-electron chi connectivity index (χ0n) is 9.43. The van der Waals surface area contributed by atoms with Crippen molar-refractivity contribution < 1.29 is 13.2 Å². The molecule has 0 aliphatic carbocycles. The second-order valence-electron chi connectivity index (χ2n) is 3.35. The van der Waals surface area contributed by atoms with E-state index in [-0.39, 0.29) is 12.3 Å². The lowest BCUT2D eigenvalue weighted by atomic mass is 10.3. The van der Waals surface area contributed by atoms with Crippen molar-refractivity contribution >= 4 is 10.0 Å². The van der Waals surface area contributed by atoms with Crippen molar-refractivity contribution in [3.05, 3.63) is 23.9 Å². The lowest BCUT2D eigenvalue weighted by molar-refractivity contribution is 0.397. The summed E-state index contributed by atoms with van der Waals surface area (Å²) < 4.78 is 30.3. The van der Waals surface area contributed by atoms with Gasteiger partial charge in [-0.2, -0.15) is 0 Å². The molecule has 0 radical (unpaired) electrons. The van der Waals surface area contributed by atoms with E-state index in [0.717, 1.165) is 5.56 Å². The summed E-state index contributed by atoms with van der Waals surface area (Å²) in [6, 6.07) is 3.45. The maximum absolute atomic E-state index is 11.4. The average molecular weight is 244 g/mol. The van der Waals surface area contributed by atoms with Crippen LogP contribution in [-0.2, 0) is 16.6 Å². The molecule has 0 aromatic carbocycles. The highest BCUT2D eigenvalue weighted by Gasteiger charge is 2.08. The van der Waals surface area contributed by atoms with Crippen LogP contribution in [0.3, 0.4) is 0 Å². The standard InChI is InChI=1S/C10H16N2O3S/c1-3-6-16(13,14)12-8-9-4-5-11-10(7-9)15-2/h4-5,7,12H,3,6,8H2,1-2H3. The number of hydrogen-bond donors (Lipinski definition) is 1. The molecule has 0 saturated carbocycles. The third-order valence-electron chi connectivity index (χ3n) is 1.98. The Kier molecular flexibility index (Phi) is 4.70. The van der Waals surface area contributed by atoms with E-state index in [0.29, 0.717) is 12.3 Å². The van der Waals surface area contributed by atoms with Crippen LogP contribution in [0.2, 0.25) is 0 Å². The van der Waals surface area contributed by atoms with E-state index < -0.39 is 10.0 Å². The molecule has 1 aromatic heterocycles. The van der Waals surface area contributed by atoms with Gasteiger partial charge in [0.15, 0.2) is 0 Å². The lowest BCUT2D eigenvalue weighted by Gasteiger charge is -2.06. The fourth-order valence-electron chi connectivity index (χ4n) is 1.21. The monoisotopic (exact) mass is 244 g/mol. The Hall–Kier alpha value is -1.14. The highest BCUT2D eigenvalue weighted by atomic mass is 32.2. The summed E-state index contributed by atoms with van der Waals surface area (Å²) in [5.74, 6) is 0.627. The van der Waals surface area contributed by atoms with Crippen molar-refractivity contribution in [2.45, 2.75) is 19.9 Å². The van der Waals surface area contributed by atoms with Crippen molar-refractivity contribution in [3.63, 3.8) is 0 Å². The number of sulfonamides is 1. The number of nitrogens with zero attached hydrogens (tertiary/aromatic N) is 1. The highest BCUT2D eigenvalue weighted by molar-refractivity contribution is 7.89. The molecule has 6 heteroatoms. The molecule has 0 fully saturated rings. The number of rotatable bonds is 6. The summed E-state index contributed by atoms with van der Waals surface area (Å²) in [6.07, 6.45) is 2.19. The topological polar surface area (TPSA) is 68.3 Å². The molecule has 0 aliphatic rings. The first kappa shape index (κ1) is 12.9. The third-order valence-corrected chi connectivity index (χ3v) is 3.51. The predicted octanol–water partition coefficient (Wildman–Crippen LogP) is 0.920. The van der Waals surface area contributed by atoms with Gasteiger partial charge in [-0.25, -0.2) is 18.1 Å². The van der Waals surface area contributed by atoms with Crippen molar-refractivity contribution in [2.24, 2.45) is 0 Å². The Morgan fingerprint density at radius 2 is 2.25 bits per heavy atom. The zero-order chi connectivity index (χ0) is 12.0. The minimum Gasteiger partial charge on any atom is -0.481 e. The Labute approximate surface area is 95.9 Å². The molecule has 0 saturated heterocycles. The van der Waals surface area contributed by atoms with Crippen molar-refractivity contribution in [1.82, 2.24) is 9.71 Å². The van der Waals surface area contributed by atoms with E-state index >= 15 is 0 Å². The largest absolute Gasteiger partial charge is 0.481 e. The van der Waals surface area contributed by atoms with Gasteiger partial charge < -0.3 is 4.74 Å². The molecule has 16 heavy (non-hydrogen) atoms. The van der Waals surface area contributed by atoms with E-state index in [2.05, 4.69) is 9.71 Å². The number of nitrogens with one attached hydrogen (secondary N) is 1. The summed E-state index contributed by atoms with van der Waals surface area (Å²) in [6.45, 7) is 2.09. The van der Waals surface area contributed by atoms with Crippen LogP contribution in [0.5, 0.6) is 5.88 Å². The number of ether oxygens (including phenoxy) is 1. The van der Waals surface area contributed by atoms with Gasteiger partial charge in [0.2, 0.25) is 15.9 Å². The molecule has 1 rings (SSSR count). The second kappa shape index (κ2) is 5.81. The SMILES string of the molecule is CCCS(=O)(=O)NCc1ccnc(OC)c1. The minimum absolute atomic E-state index is 0.148. The van der Waals surface area contributed by atoms with E-state index in [9.17, 15) is 8.42 Å². The molecule has 0 spiro atoms.